The van der Waals surface area contributed by atoms with Crippen LogP contribution in [-0.4, -0.2) is 76.5 Å². The molecule has 9 nitrogen and oxygen atoms in total. The maximum atomic E-state index is 14.6. The molecule has 0 unspecified atom stereocenters. The molecule has 0 aromatic heterocycles. The van der Waals surface area contributed by atoms with Crippen LogP contribution in [0.15, 0.2) is 36.4 Å². The van der Waals surface area contributed by atoms with Crippen LogP contribution in [0.4, 0.5) is 4.39 Å². The van der Waals surface area contributed by atoms with Crippen LogP contribution in [0.1, 0.15) is 48.8 Å². The van der Waals surface area contributed by atoms with E-state index in [1.807, 2.05) is 25.9 Å². The molecule has 13 heteroatoms. The zero-order valence-corrected chi connectivity index (χ0v) is 27.1. The van der Waals surface area contributed by atoms with Gasteiger partial charge in [0.25, 0.3) is 0 Å². The summed E-state index contributed by atoms with van der Waals surface area (Å²) in [6.07, 6.45) is 3.59. The zero-order valence-electron chi connectivity index (χ0n) is 25.6. The Kier molecular flexibility index (Phi) is 12.2. The molecule has 0 aliphatic carbocycles. The summed E-state index contributed by atoms with van der Waals surface area (Å²) < 4.78 is 47.8. The van der Waals surface area contributed by atoms with Crippen LogP contribution in [-0.2, 0) is 37.5 Å². The third kappa shape index (κ3) is 9.75. The largest absolute Gasteiger partial charge is 0.371 e. The molecule has 2 aliphatic heterocycles. The third-order valence-corrected chi connectivity index (χ3v) is 9.53. The van der Waals surface area contributed by atoms with Gasteiger partial charge in [-0.2, -0.15) is 0 Å². The lowest BCUT2D eigenvalue weighted by Gasteiger charge is -2.30. The summed E-state index contributed by atoms with van der Waals surface area (Å²) in [5.41, 5.74) is 2.85. The van der Waals surface area contributed by atoms with Crippen molar-refractivity contribution in [2.24, 2.45) is 5.92 Å². The Hall–Kier alpha value is -2.51. The number of nitrogens with one attached hydrogen (secondary N) is 3. The third-order valence-electron chi connectivity index (χ3n) is 8.41. The molecule has 2 amide bonds. The van der Waals surface area contributed by atoms with Gasteiger partial charge in [0.2, 0.25) is 21.8 Å². The lowest BCUT2D eigenvalue weighted by molar-refractivity contribution is -0.140. The molecule has 44 heavy (non-hydrogen) atoms. The van der Waals surface area contributed by atoms with E-state index in [2.05, 4.69) is 15.4 Å². The highest BCUT2D eigenvalue weighted by Gasteiger charge is 2.42. The molecule has 4 rings (SSSR count). The molecule has 3 atom stereocenters. The second-order valence-electron chi connectivity index (χ2n) is 11.8. The number of likely N-dealkylation sites (tertiary alicyclic amines) is 1. The summed E-state index contributed by atoms with van der Waals surface area (Å²) in [5.74, 6) is -0.864. The van der Waals surface area contributed by atoms with Crippen LogP contribution < -0.4 is 20.8 Å². The average molecular weight is 648 g/mol. The number of hydrogen-bond donors (Lipinski definition) is 3. The maximum absolute atomic E-state index is 14.6. The van der Waals surface area contributed by atoms with Gasteiger partial charge in [-0.25, -0.2) is 17.5 Å². The molecule has 2 heterocycles. The van der Waals surface area contributed by atoms with Crippen molar-refractivity contribution < 1.29 is 27.1 Å². The molecular formula is C31H42BClFN4O5S. The summed E-state index contributed by atoms with van der Waals surface area (Å²) in [6, 6.07) is 8.50. The van der Waals surface area contributed by atoms with Crippen molar-refractivity contribution >= 4 is 46.2 Å². The van der Waals surface area contributed by atoms with Gasteiger partial charge in [-0.15, -0.1) is 0 Å². The number of benzene rings is 2. The number of halogens is 2. The molecule has 239 valence electrons. The number of piperidine rings is 1. The molecule has 2 aromatic carbocycles. The fraction of sp³-hybridized carbons (Fsp3) is 0.548. The second-order valence-corrected chi connectivity index (χ2v) is 14.0. The lowest BCUT2D eigenvalue weighted by atomic mass is 9.73. The standard InChI is InChI=1S/C31H42BClFN4O5S/c1-20-4-5-22(14-26(20)33)17-36-30(39)29-16-25(43-19-23-7-8-24(32-2)15-27(23)34)18-38(29)31(40)28(37-44(3,41)42)9-6-21-10-12-35-13-11-21/h4-5,7-8,14-15,21,25,28-29,35,37H,6,9-13,16-19H2,1-3H3,(H,36,39)/t25-,28-,29+/m1/s1. The van der Waals surface area contributed by atoms with Crippen LogP contribution in [0.5, 0.6) is 0 Å². The Bertz CT molecular complexity index is 1430. The summed E-state index contributed by atoms with van der Waals surface area (Å²) >= 11 is 6.26. The first-order valence-electron chi connectivity index (χ1n) is 15.1. The van der Waals surface area contributed by atoms with Crippen molar-refractivity contribution in [3.8, 4) is 0 Å². The van der Waals surface area contributed by atoms with Crippen molar-refractivity contribution in [1.29, 1.82) is 0 Å². The number of sulfonamides is 1. The Morgan fingerprint density at radius 3 is 2.61 bits per heavy atom. The maximum Gasteiger partial charge on any atom is 0.243 e. The molecule has 0 bridgehead atoms. The number of carbonyl (C=O) groups is 2. The van der Waals surface area contributed by atoms with E-state index in [9.17, 15) is 22.4 Å². The van der Waals surface area contributed by atoms with Crippen molar-refractivity contribution in [1.82, 2.24) is 20.3 Å². The molecule has 3 N–H and O–H groups in total. The van der Waals surface area contributed by atoms with E-state index in [0.717, 1.165) is 48.8 Å². The van der Waals surface area contributed by atoms with Crippen molar-refractivity contribution in [3.63, 3.8) is 0 Å². The molecule has 2 saturated heterocycles. The molecule has 2 aromatic rings. The number of rotatable bonds is 13. The Balaban J connectivity index is 1.50. The number of aryl methyl sites for hydroxylation is 1. The number of carbonyl (C=O) groups excluding carboxylic acids is 2. The van der Waals surface area contributed by atoms with Gasteiger partial charge in [0.1, 0.15) is 25.2 Å². The molecule has 2 aliphatic rings. The van der Waals surface area contributed by atoms with Crippen LogP contribution in [0, 0.1) is 18.7 Å². The summed E-state index contributed by atoms with van der Waals surface area (Å²) in [6.45, 7) is 5.75. The highest BCUT2D eigenvalue weighted by Crippen LogP contribution is 2.26. The van der Waals surface area contributed by atoms with Crippen molar-refractivity contribution in [3.05, 3.63) is 63.9 Å². The first kappa shape index (κ1) is 34.4. The van der Waals surface area contributed by atoms with Crippen LogP contribution >= 0.6 is 11.6 Å². The zero-order chi connectivity index (χ0) is 31.9. The van der Waals surface area contributed by atoms with Gasteiger partial charge in [0.05, 0.1) is 19.0 Å². The van der Waals surface area contributed by atoms with Crippen molar-refractivity contribution in [2.75, 3.05) is 25.9 Å². The topological polar surface area (TPSA) is 117 Å². The van der Waals surface area contributed by atoms with E-state index in [1.165, 1.54) is 11.0 Å². The van der Waals surface area contributed by atoms with Gasteiger partial charge in [-0.3, -0.25) is 9.59 Å². The minimum absolute atomic E-state index is 0.0283. The summed E-state index contributed by atoms with van der Waals surface area (Å²) in [4.78, 5) is 28.9. The minimum Gasteiger partial charge on any atom is -0.371 e. The average Bonchev–Trinajstić information content (AvgIpc) is 3.43. The Morgan fingerprint density at radius 2 is 1.95 bits per heavy atom. The van der Waals surface area contributed by atoms with Crippen LogP contribution in [0.25, 0.3) is 0 Å². The SMILES string of the molecule is C[B]c1ccc(CO[C@@H]2C[C@@H](C(=O)NCc3ccc(C)c(Cl)c3)N(C(=O)[C@@H](CCC3CCNCC3)NS(C)(=O)=O)C2)c(F)c1. The number of hydrogen-bond acceptors (Lipinski definition) is 6. The fourth-order valence-electron chi connectivity index (χ4n) is 5.80. The first-order valence-corrected chi connectivity index (χ1v) is 17.4. The molecule has 2 fully saturated rings. The number of ether oxygens (including phenoxy) is 1. The van der Waals surface area contributed by atoms with Gasteiger partial charge < -0.3 is 20.3 Å². The molecule has 0 saturated carbocycles. The van der Waals surface area contributed by atoms with E-state index in [1.54, 1.807) is 25.5 Å². The number of amides is 2. The fourth-order valence-corrected chi connectivity index (χ4v) is 6.73. The predicted molar refractivity (Wildman–Crippen MR) is 171 cm³/mol. The van der Waals surface area contributed by atoms with Crippen LogP contribution in [0.3, 0.4) is 0 Å². The van der Waals surface area contributed by atoms with Gasteiger partial charge in [-0.05, 0) is 74.9 Å². The highest BCUT2D eigenvalue weighted by atomic mass is 35.5. The van der Waals surface area contributed by atoms with E-state index in [4.69, 9.17) is 16.3 Å². The normalized spacial score (nSPS) is 20.0. The first-order chi connectivity index (χ1) is 20.9. The van der Waals surface area contributed by atoms with Gasteiger partial charge in [0, 0.05) is 30.1 Å². The predicted octanol–water partition coefficient (Wildman–Crippen LogP) is 2.67. The number of nitrogens with zero attached hydrogens (tertiary/aromatic N) is 1. The molecule has 1 radical (unpaired) electrons. The van der Waals surface area contributed by atoms with Crippen LogP contribution in [0.2, 0.25) is 11.8 Å². The Labute approximate surface area is 265 Å². The van der Waals surface area contributed by atoms with E-state index in [0.29, 0.717) is 29.3 Å². The van der Waals surface area contributed by atoms with Gasteiger partial charge in [0.15, 0.2) is 0 Å². The quantitative estimate of drug-likeness (QED) is 0.288. The van der Waals surface area contributed by atoms with E-state index >= 15 is 0 Å². The minimum atomic E-state index is -3.71. The summed E-state index contributed by atoms with van der Waals surface area (Å²) in [7, 11) is -1.91. The molecule has 0 spiro atoms. The Morgan fingerprint density at radius 1 is 1.20 bits per heavy atom. The van der Waals surface area contributed by atoms with Gasteiger partial charge in [-0.1, -0.05) is 48.2 Å². The lowest BCUT2D eigenvalue weighted by Crippen LogP contribution is -2.53. The monoisotopic (exact) mass is 647 g/mol. The molecular weight excluding hydrogens is 606 g/mol. The second kappa shape index (κ2) is 15.7. The van der Waals surface area contributed by atoms with E-state index in [-0.39, 0.29) is 32.0 Å². The van der Waals surface area contributed by atoms with E-state index < -0.39 is 39.9 Å². The van der Waals surface area contributed by atoms with Gasteiger partial charge >= 0.3 is 0 Å². The van der Waals surface area contributed by atoms with Crippen molar-refractivity contribution in [2.45, 2.75) is 77.2 Å². The smallest absolute Gasteiger partial charge is 0.243 e. The summed E-state index contributed by atoms with van der Waals surface area (Å²) in [5, 5.41) is 6.81. The highest BCUT2D eigenvalue weighted by molar-refractivity contribution is 7.88.